The summed E-state index contributed by atoms with van der Waals surface area (Å²) in [5.41, 5.74) is 0. The van der Waals surface area contributed by atoms with Crippen LogP contribution in [-0.4, -0.2) is 47.8 Å². The Labute approximate surface area is 83.8 Å². The Balaban J connectivity index is 2.01. The highest BCUT2D eigenvalue weighted by atomic mass is 16.5. The van der Waals surface area contributed by atoms with Crippen LogP contribution >= 0.6 is 0 Å². The number of carbonyl (C=O) groups is 1. The number of carboxylic acids is 1. The van der Waals surface area contributed by atoms with Crippen LogP contribution in [0.3, 0.4) is 0 Å². The van der Waals surface area contributed by atoms with Gasteiger partial charge in [-0.2, -0.15) is 0 Å². The van der Waals surface area contributed by atoms with E-state index >= 15 is 0 Å². The fourth-order valence-corrected chi connectivity index (χ4v) is 2.50. The van der Waals surface area contributed by atoms with E-state index in [9.17, 15) is 4.79 Å². The van der Waals surface area contributed by atoms with Gasteiger partial charge >= 0.3 is 5.97 Å². The third-order valence-electron chi connectivity index (χ3n) is 3.25. The van der Waals surface area contributed by atoms with Crippen LogP contribution in [0.1, 0.15) is 25.7 Å². The summed E-state index contributed by atoms with van der Waals surface area (Å²) in [7, 11) is 0. The average molecular weight is 199 g/mol. The van der Waals surface area contributed by atoms with E-state index in [2.05, 4.69) is 4.90 Å². The number of morpholine rings is 1. The molecule has 0 bridgehead atoms. The summed E-state index contributed by atoms with van der Waals surface area (Å²) in [6.45, 7) is 1.81. The van der Waals surface area contributed by atoms with Crippen molar-refractivity contribution in [3.05, 3.63) is 0 Å². The molecule has 4 nitrogen and oxygen atoms in total. The average Bonchev–Trinajstić information content (AvgIpc) is 2.70. The van der Waals surface area contributed by atoms with Crippen molar-refractivity contribution in [1.82, 2.24) is 4.90 Å². The lowest BCUT2D eigenvalue weighted by Crippen LogP contribution is -2.53. The zero-order valence-electron chi connectivity index (χ0n) is 8.32. The predicted molar refractivity (Wildman–Crippen MR) is 51.2 cm³/mol. The van der Waals surface area contributed by atoms with Crippen molar-refractivity contribution < 1.29 is 14.6 Å². The Morgan fingerprint density at radius 2 is 2.07 bits per heavy atom. The summed E-state index contributed by atoms with van der Waals surface area (Å²) in [6, 6.07) is 0.0758. The highest BCUT2D eigenvalue weighted by Crippen LogP contribution is 2.26. The number of carboxylic acid groups (broad SMARTS) is 1. The lowest BCUT2D eigenvalue weighted by Gasteiger charge is -2.37. The number of hydrogen-bond acceptors (Lipinski definition) is 3. The molecule has 0 amide bonds. The second-order valence-electron chi connectivity index (χ2n) is 4.11. The SMILES string of the molecule is O=C(O)C1COCCN1C1CCCC1. The summed E-state index contributed by atoms with van der Waals surface area (Å²) < 4.78 is 5.21. The molecule has 2 aliphatic rings. The number of hydrogen-bond donors (Lipinski definition) is 1. The molecule has 2 fully saturated rings. The van der Waals surface area contributed by atoms with Gasteiger partial charge in [-0.25, -0.2) is 0 Å². The van der Waals surface area contributed by atoms with Gasteiger partial charge in [0.05, 0.1) is 13.2 Å². The van der Waals surface area contributed by atoms with Crippen LogP contribution in [0.15, 0.2) is 0 Å². The Hall–Kier alpha value is -0.610. The minimum Gasteiger partial charge on any atom is -0.480 e. The summed E-state index contributed by atoms with van der Waals surface area (Å²) in [5.74, 6) is -0.739. The van der Waals surface area contributed by atoms with Crippen LogP contribution in [0.4, 0.5) is 0 Å². The number of nitrogens with zero attached hydrogens (tertiary/aromatic N) is 1. The highest BCUT2D eigenvalue weighted by Gasteiger charge is 2.35. The Morgan fingerprint density at radius 3 is 2.71 bits per heavy atom. The van der Waals surface area contributed by atoms with Crippen molar-refractivity contribution in [1.29, 1.82) is 0 Å². The number of rotatable bonds is 2. The van der Waals surface area contributed by atoms with Crippen molar-refractivity contribution in [2.24, 2.45) is 0 Å². The highest BCUT2D eigenvalue weighted by molar-refractivity contribution is 5.73. The maximum atomic E-state index is 11.0. The summed E-state index contributed by atoms with van der Waals surface area (Å²) >= 11 is 0. The molecule has 1 saturated heterocycles. The van der Waals surface area contributed by atoms with Gasteiger partial charge in [-0.1, -0.05) is 12.8 Å². The monoisotopic (exact) mass is 199 g/mol. The van der Waals surface area contributed by atoms with Crippen molar-refractivity contribution in [2.75, 3.05) is 19.8 Å². The molecule has 1 atom stereocenters. The van der Waals surface area contributed by atoms with Gasteiger partial charge in [-0.15, -0.1) is 0 Å². The normalized spacial score (nSPS) is 30.7. The molecule has 1 aliphatic carbocycles. The molecule has 1 unspecified atom stereocenters. The maximum absolute atomic E-state index is 11.0. The topological polar surface area (TPSA) is 49.8 Å². The molecule has 1 heterocycles. The van der Waals surface area contributed by atoms with Crippen molar-refractivity contribution in [3.8, 4) is 0 Å². The molecule has 0 aromatic rings. The smallest absolute Gasteiger partial charge is 0.323 e. The van der Waals surface area contributed by atoms with E-state index in [1.807, 2.05) is 0 Å². The Morgan fingerprint density at radius 1 is 1.36 bits per heavy atom. The second-order valence-corrected chi connectivity index (χ2v) is 4.11. The van der Waals surface area contributed by atoms with Crippen LogP contribution in [-0.2, 0) is 9.53 Å². The fraction of sp³-hybridized carbons (Fsp3) is 0.900. The first kappa shape index (κ1) is 9.93. The molecule has 2 rings (SSSR count). The van der Waals surface area contributed by atoms with Gasteiger partial charge in [-0.05, 0) is 12.8 Å². The molecular weight excluding hydrogens is 182 g/mol. The van der Waals surface area contributed by atoms with Crippen molar-refractivity contribution in [3.63, 3.8) is 0 Å². The first-order valence-corrected chi connectivity index (χ1v) is 5.35. The molecule has 0 spiro atoms. The van der Waals surface area contributed by atoms with Crippen LogP contribution in [0, 0.1) is 0 Å². The molecular formula is C10H17NO3. The van der Waals surface area contributed by atoms with Crippen LogP contribution in [0.5, 0.6) is 0 Å². The van der Waals surface area contributed by atoms with Crippen LogP contribution in [0.25, 0.3) is 0 Å². The summed E-state index contributed by atoms with van der Waals surface area (Å²) in [6.07, 6.45) is 4.80. The molecule has 1 saturated carbocycles. The largest absolute Gasteiger partial charge is 0.480 e. The summed E-state index contributed by atoms with van der Waals surface area (Å²) in [5, 5.41) is 9.05. The Kier molecular flexibility index (Phi) is 3.03. The summed E-state index contributed by atoms with van der Waals surface area (Å²) in [4.78, 5) is 13.1. The van der Waals surface area contributed by atoms with Crippen LogP contribution < -0.4 is 0 Å². The zero-order chi connectivity index (χ0) is 9.97. The van der Waals surface area contributed by atoms with Gasteiger partial charge < -0.3 is 9.84 Å². The third kappa shape index (κ3) is 1.91. The van der Waals surface area contributed by atoms with E-state index in [4.69, 9.17) is 9.84 Å². The van der Waals surface area contributed by atoms with E-state index in [-0.39, 0.29) is 0 Å². The first-order chi connectivity index (χ1) is 6.79. The minimum atomic E-state index is -0.739. The van der Waals surface area contributed by atoms with E-state index < -0.39 is 12.0 Å². The standard InChI is InChI=1S/C10H17NO3/c12-10(13)9-7-14-6-5-11(9)8-3-1-2-4-8/h8-9H,1-7H2,(H,12,13). The quantitative estimate of drug-likeness (QED) is 0.711. The zero-order valence-corrected chi connectivity index (χ0v) is 8.32. The molecule has 80 valence electrons. The molecule has 0 aromatic carbocycles. The van der Waals surface area contributed by atoms with Gasteiger partial charge in [0.1, 0.15) is 6.04 Å². The first-order valence-electron chi connectivity index (χ1n) is 5.35. The molecule has 1 N–H and O–H groups in total. The molecule has 1 aliphatic heterocycles. The van der Waals surface area contributed by atoms with Crippen molar-refractivity contribution >= 4 is 5.97 Å². The van der Waals surface area contributed by atoms with E-state index in [0.29, 0.717) is 19.3 Å². The predicted octanol–water partition coefficient (Wildman–Crippen LogP) is 0.714. The number of aliphatic carboxylic acids is 1. The van der Waals surface area contributed by atoms with Gasteiger partial charge in [0, 0.05) is 12.6 Å². The van der Waals surface area contributed by atoms with E-state index in [0.717, 1.165) is 19.4 Å². The third-order valence-corrected chi connectivity index (χ3v) is 3.25. The minimum absolute atomic E-state index is 0.353. The maximum Gasteiger partial charge on any atom is 0.323 e. The molecule has 14 heavy (non-hydrogen) atoms. The lowest BCUT2D eigenvalue weighted by molar-refractivity contribution is -0.151. The van der Waals surface area contributed by atoms with Gasteiger partial charge in [0.2, 0.25) is 0 Å². The Bertz CT molecular complexity index is 213. The van der Waals surface area contributed by atoms with Gasteiger partial charge in [0.25, 0.3) is 0 Å². The lowest BCUT2D eigenvalue weighted by atomic mass is 10.1. The molecule has 4 heteroatoms. The molecule has 0 radical (unpaired) electrons. The van der Waals surface area contributed by atoms with E-state index in [1.54, 1.807) is 0 Å². The van der Waals surface area contributed by atoms with Gasteiger partial charge in [0.15, 0.2) is 0 Å². The van der Waals surface area contributed by atoms with Crippen molar-refractivity contribution in [2.45, 2.75) is 37.8 Å². The van der Waals surface area contributed by atoms with E-state index in [1.165, 1.54) is 12.8 Å². The van der Waals surface area contributed by atoms with Crippen LogP contribution in [0.2, 0.25) is 0 Å². The second kappa shape index (κ2) is 4.28. The molecule has 0 aromatic heterocycles. The fourth-order valence-electron chi connectivity index (χ4n) is 2.50. The number of ether oxygens (including phenoxy) is 1. The van der Waals surface area contributed by atoms with Gasteiger partial charge in [-0.3, -0.25) is 9.69 Å².